The van der Waals surface area contributed by atoms with Crippen LogP contribution in [0.25, 0.3) is 6.08 Å². The summed E-state index contributed by atoms with van der Waals surface area (Å²) in [6.45, 7) is 0. The lowest BCUT2D eigenvalue weighted by molar-refractivity contribution is 0.673. The van der Waals surface area contributed by atoms with Crippen molar-refractivity contribution in [2.24, 2.45) is 0 Å². The summed E-state index contributed by atoms with van der Waals surface area (Å²) in [7, 11) is 2.01. The third kappa shape index (κ3) is 1.95. The highest BCUT2D eigenvalue weighted by Gasteiger charge is 2.37. The molecule has 0 atom stereocenters. The largest absolute Gasteiger partial charge is 0.311 e. The molecule has 2 rings (SSSR count). The average molecular weight is 174 g/mol. The molecule has 2 heteroatoms. The van der Waals surface area contributed by atoms with Gasteiger partial charge in [-0.2, -0.15) is 0 Å². The van der Waals surface area contributed by atoms with Crippen LogP contribution in [0.1, 0.15) is 18.4 Å². The fraction of sp³-hybridized carbons (Fsp3) is 0.364. The van der Waals surface area contributed by atoms with Gasteiger partial charge in [-0.3, -0.25) is 4.98 Å². The van der Waals surface area contributed by atoms with E-state index < -0.39 is 0 Å². The topological polar surface area (TPSA) is 24.9 Å². The number of likely N-dealkylation sites (N-methyl/N-ethyl adjacent to an activating group) is 1. The summed E-state index contributed by atoms with van der Waals surface area (Å²) in [6, 6.07) is 4.02. The summed E-state index contributed by atoms with van der Waals surface area (Å²) >= 11 is 0. The Kier molecular flexibility index (Phi) is 2.15. The van der Waals surface area contributed by atoms with Crippen LogP contribution in [0.15, 0.2) is 30.6 Å². The maximum absolute atomic E-state index is 4.06. The van der Waals surface area contributed by atoms with E-state index in [-0.39, 0.29) is 5.54 Å². The number of nitrogens with one attached hydrogen (secondary N) is 1. The van der Waals surface area contributed by atoms with Crippen LogP contribution in [0.3, 0.4) is 0 Å². The van der Waals surface area contributed by atoms with E-state index in [1.54, 1.807) is 6.20 Å². The quantitative estimate of drug-likeness (QED) is 0.756. The van der Waals surface area contributed by atoms with Gasteiger partial charge >= 0.3 is 0 Å². The second-order valence-electron chi connectivity index (χ2n) is 3.53. The summed E-state index contributed by atoms with van der Waals surface area (Å²) in [5.41, 5.74) is 1.46. The molecule has 0 aliphatic heterocycles. The fourth-order valence-corrected chi connectivity index (χ4v) is 1.36. The van der Waals surface area contributed by atoms with Crippen molar-refractivity contribution in [3.63, 3.8) is 0 Å². The van der Waals surface area contributed by atoms with E-state index in [2.05, 4.69) is 28.5 Å². The SMILES string of the molecule is CNC1(/C=C\c2cccnc2)CC1. The van der Waals surface area contributed by atoms with E-state index in [0.717, 1.165) is 0 Å². The molecule has 0 spiro atoms. The average Bonchev–Trinajstić information content (AvgIpc) is 2.97. The highest BCUT2D eigenvalue weighted by atomic mass is 15.0. The molecule has 2 nitrogen and oxygen atoms in total. The van der Waals surface area contributed by atoms with Crippen LogP contribution < -0.4 is 5.32 Å². The molecule has 0 aromatic carbocycles. The molecular formula is C11H14N2. The van der Waals surface area contributed by atoms with Gasteiger partial charge in [-0.05, 0) is 31.5 Å². The van der Waals surface area contributed by atoms with Crippen molar-refractivity contribution in [1.82, 2.24) is 10.3 Å². The molecule has 0 unspecified atom stereocenters. The first-order valence-corrected chi connectivity index (χ1v) is 4.63. The number of nitrogens with zero attached hydrogens (tertiary/aromatic N) is 1. The second kappa shape index (κ2) is 3.30. The normalized spacial score (nSPS) is 19.2. The van der Waals surface area contributed by atoms with E-state index >= 15 is 0 Å². The summed E-state index contributed by atoms with van der Waals surface area (Å²) in [4.78, 5) is 4.06. The van der Waals surface area contributed by atoms with Gasteiger partial charge in [0.05, 0.1) is 0 Å². The Morgan fingerprint density at radius 1 is 1.54 bits per heavy atom. The van der Waals surface area contributed by atoms with Crippen molar-refractivity contribution in [3.05, 3.63) is 36.2 Å². The molecular weight excluding hydrogens is 160 g/mol. The number of rotatable bonds is 3. The molecule has 1 aromatic rings. The Balaban J connectivity index is 2.06. The zero-order valence-corrected chi connectivity index (χ0v) is 7.83. The van der Waals surface area contributed by atoms with E-state index in [4.69, 9.17) is 0 Å². The maximum Gasteiger partial charge on any atom is 0.0366 e. The van der Waals surface area contributed by atoms with Gasteiger partial charge in [0.1, 0.15) is 0 Å². The lowest BCUT2D eigenvalue weighted by Gasteiger charge is -2.06. The van der Waals surface area contributed by atoms with Crippen LogP contribution in [-0.4, -0.2) is 17.6 Å². The van der Waals surface area contributed by atoms with Crippen LogP contribution in [0.5, 0.6) is 0 Å². The molecule has 0 amide bonds. The highest BCUT2D eigenvalue weighted by molar-refractivity contribution is 5.50. The number of hydrogen-bond acceptors (Lipinski definition) is 2. The van der Waals surface area contributed by atoms with E-state index in [0.29, 0.717) is 0 Å². The minimum atomic E-state index is 0.288. The van der Waals surface area contributed by atoms with Crippen LogP contribution in [0.4, 0.5) is 0 Å². The van der Waals surface area contributed by atoms with Gasteiger partial charge in [0.15, 0.2) is 0 Å². The van der Waals surface area contributed by atoms with Crippen molar-refractivity contribution in [1.29, 1.82) is 0 Å². The predicted molar refractivity (Wildman–Crippen MR) is 54.3 cm³/mol. The van der Waals surface area contributed by atoms with Crippen molar-refractivity contribution in [2.45, 2.75) is 18.4 Å². The van der Waals surface area contributed by atoms with Crippen LogP contribution in [0, 0.1) is 0 Å². The zero-order chi connectivity index (χ0) is 9.15. The van der Waals surface area contributed by atoms with Crippen molar-refractivity contribution < 1.29 is 0 Å². The molecule has 0 radical (unpaired) electrons. The molecule has 1 aromatic heterocycles. The second-order valence-corrected chi connectivity index (χ2v) is 3.53. The summed E-state index contributed by atoms with van der Waals surface area (Å²) in [5.74, 6) is 0. The summed E-state index contributed by atoms with van der Waals surface area (Å²) in [5, 5.41) is 3.32. The Labute approximate surface area is 78.7 Å². The summed E-state index contributed by atoms with van der Waals surface area (Å²) in [6.07, 6.45) is 10.5. The molecule has 13 heavy (non-hydrogen) atoms. The number of hydrogen-bond donors (Lipinski definition) is 1. The third-order valence-corrected chi connectivity index (χ3v) is 2.57. The Morgan fingerprint density at radius 3 is 2.92 bits per heavy atom. The van der Waals surface area contributed by atoms with Crippen molar-refractivity contribution >= 4 is 6.08 Å². The monoisotopic (exact) mass is 174 g/mol. The molecule has 1 fully saturated rings. The van der Waals surface area contributed by atoms with E-state index in [1.807, 2.05) is 19.3 Å². The Bertz CT molecular complexity index is 299. The Morgan fingerprint density at radius 2 is 2.38 bits per heavy atom. The van der Waals surface area contributed by atoms with Crippen LogP contribution in [0.2, 0.25) is 0 Å². The molecule has 68 valence electrons. The molecule has 1 heterocycles. The third-order valence-electron chi connectivity index (χ3n) is 2.57. The zero-order valence-electron chi connectivity index (χ0n) is 7.83. The summed E-state index contributed by atoms with van der Waals surface area (Å²) < 4.78 is 0. The maximum atomic E-state index is 4.06. The van der Waals surface area contributed by atoms with Crippen molar-refractivity contribution in [3.8, 4) is 0 Å². The number of aromatic nitrogens is 1. The van der Waals surface area contributed by atoms with Gasteiger partial charge < -0.3 is 5.32 Å². The van der Waals surface area contributed by atoms with E-state index in [1.165, 1.54) is 18.4 Å². The lowest BCUT2D eigenvalue weighted by Crippen LogP contribution is -2.23. The smallest absolute Gasteiger partial charge is 0.0366 e. The Hall–Kier alpha value is -1.15. The minimum Gasteiger partial charge on any atom is -0.311 e. The van der Waals surface area contributed by atoms with Gasteiger partial charge in [-0.15, -0.1) is 0 Å². The van der Waals surface area contributed by atoms with Gasteiger partial charge in [0, 0.05) is 17.9 Å². The molecule has 1 saturated carbocycles. The minimum absolute atomic E-state index is 0.288. The first kappa shape index (κ1) is 8.45. The lowest BCUT2D eigenvalue weighted by atomic mass is 10.2. The standard InChI is InChI=1S/C11H14N2/c1-12-11(6-7-11)5-4-10-3-2-8-13-9-10/h2-5,8-9,12H,6-7H2,1H3/b5-4-. The number of pyridine rings is 1. The molecule has 1 aliphatic rings. The van der Waals surface area contributed by atoms with Gasteiger partial charge in [0.2, 0.25) is 0 Å². The van der Waals surface area contributed by atoms with Gasteiger partial charge in [-0.1, -0.05) is 18.2 Å². The first-order valence-electron chi connectivity index (χ1n) is 4.63. The van der Waals surface area contributed by atoms with E-state index in [9.17, 15) is 0 Å². The molecule has 1 N–H and O–H groups in total. The van der Waals surface area contributed by atoms with Gasteiger partial charge in [0.25, 0.3) is 0 Å². The van der Waals surface area contributed by atoms with Gasteiger partial charge in [-0.25, -0.2) is 0 Å². The van der Waals surface area contributed by atoms with Crippen molar-refractivity contribution in [2.75, 3.05) is 7.05 Å². The van der Waals surface area contributed by atoms with Crippen LogP contribution >= 0.6 is 0 Å². The predicted octanol–water partition coefficient (Wildman–Crippen LogP) is 1.85. The van der Waals surface area contributed by atoms with Crippen LogP contribution in [-0.2, 0) is 0 Å². The highest BCUT2D eigenvalue weighted by Crippen LogP contribution is 2.36. The first-order chi connectivity index (χ1) is 6.35. The molecule has 1 aliphatic carbocycles. The molecule has 0 bridgehead atoms. The molecule has 0 saturated heterocycles. The fourth-order valence-electron chi connectivity index (χ4n) is 1.36.